The Morgan fingerprint density at radius 1 is 0.864 bits per heavy atom. The van der Waals surface area contributed by atoms with E-state index in [4.69, 9.17) is 0 Å². The maximum absolute atomic E-state index is 3.50. The molecule has 0 aromatic carbocycles. The standard InChI is InChI=1S/2C8H18N2.C2H6/c1-8(2,3)7-6-9-4-5-10-7;1-7(2)5-8-6-9-3-4-10-8;1-2/h7,9-10H,4-6H2,1-3H3;7-10H,3-6H2,1-2H3;1-2H3. The second-order valence-electron chi connectivity index (χ2n) is 7.56. The molecule has 0 aromatic rings. The van der Waals surface area contributed by atoms with Gasteiger partial charge in [0.2, 0.25) is 0 Å². The molecular formula is C18H42N4. The number of hydrogen-bond donors (Lipinski definition) is 4. The Bertz CT molecular complexity index is 236. The van der Waals surface area contributed by atoms with E-state index in [-0.39, 0.29) is 0 Å². The van der Waals surface area contributed by atoms with Crippen LogP contribution in [0.5, 0.6) is 0 Å². The van der Waals surface area contributed by atoms with Crippen LogP contribution in [-0.2, 0) is 0 Å². The Kier molecular flexibility index (Phi) is 12.2. The summed E-state index contributed by atoms with van der Waals surface area (Å²) in [4.78, 5) is 0. The van der Waals surface area contributed by atoms with Gasteiger partial charge in [-0.1, -0.05) is 48.5 Å². The molecule has 0 radical (unpaired) electrons. The van der Waals surface area contributed by atoms with Crippen molar-refractivity contribution in [2.75, 3.05) is 39.3 Å². The Hall–Kier alpha value is -0.160. The van der Waals surface area contributed by atoms with Gasteiger partial charge in [-0.15, -0.1) is 0 Å². The molecule has 4 N–H and O–H groups in total. The van der Waals surface area contributed by atoms with Crippen molar-refractivity contribution in [2.24, 2.45) is 11.3 Å². The number of piperazine rings is 2. The second kappa shape index (κ2) is 12.3. The van der Waals surface area contributed by atoms with Gasteiger partial charge in [-0.3, -0.25) is 0 Å². The molecule has 2 saturated heterocycles. The van der Waals surface area contributed by atoms with E-state index in [0.29, 0.717) is 17.5 Å². The molecule has 0 saturated carbocycles. The lowest BCUT2D eigenvalue weighted by Gasteiger charge is -2.35. The topological polar surface area (TPSA) is 48.1 Å². The lowest BCUT2D eigenvalue weighted by atomic mass is 9.86. The summed E-state index contributed by atoms with van der Waals surface area (Å²) in [6, 6.07) is 1.36. The van der Waals surface area contributed by atoms with Crippen LogP contribution < -0.4 is 21.3 Å². The summed E-state index contributed by atoms with van der Waals surface area (Å²) in [5.74, 6) is 0.817. The van der Waals surface area contributed by atoms with Crippen LogP contribution in [0.3, 0.4) is 0 Å². The lowest BCUT2D eigenvalue weighted by molar-refractivity contribution is 0.239. The fraction of sp³-hybridized carbons (Fsp3) is 1.00. The molecule has 134 valence electrons. The highest BCUT2D eigenvalue weighted by Gasteiger charge is 2.25. The van der Waals surface area contributed by atoms with E-state index in [1.54, 1.807) is 0 Å². The minimum Gasteiger partial charge on any atom is -0.314 e. The molecule has 0 aromatic heterocycles. The average molecular weight is 315 g/mol. The highest BCUT2D eigenvalue weighted by molar-refractivity contribution is 4.85. The van der Waals surface area contributed by atoms with E-state index in [1.807, 2.05) is 13.8 Å². The Morgan fingerprint density at radius 2 is 1.41 bits per heavy atom. The van der Waals surface area contributed by atoms with Gasteiger partial charge < -0.3 is 21.3 Å². The van der Waals surface area contributed by atoms with E-state index >= 15 is 0 Å². The SMILES string of the molecule is CC.CC(C)(C)C1CNCCN1.CC(C)CC1CNCCN1. The average Bonchev–Trinajstić information content (AvgIpc) is 2.50. The van der Waals surface area contributed by atoms with Gasteiger partial charge in [-0.25, -0.2) is 0 Å². The second-order valence-corrected chi connectivity index (χ2v) is 7.56. The molecule has 2 rings (SSSR count). The minimum absolute atomic E-state index is 0.396. The van der Waals surface area contributed by atoms with Gasteiger partial charge in [0, 0.05) is 51.4 Å². The zero-order valence-corrected chi connectivity index (χ0v) is 16.2. The maximum Gasteiger partial charge on any atom is 0.0241 e. The maximum atomic E-state index is 3.50. The Balaban J connectivity index is 0.000000360. The van der Waals surface area contributed by atoms with Crippen molar-refractivity contribution < 1.29 is 0 Å². The molecule has 0 spiro atoms. The first kappa shape index (κ1) is 21.8. The van der Waals surface area contributed by atoms with E-state index in [1.165, 1.54) is 6.42 Å². The first-order chi connectivity index (χ1) is 10.4. The molecule has 0 amide bonds. The van der Waals surface area contributed by atoms with Gasteiger partial charge in [0.25, 0.3) is 0 Å². The number of rotatable bonds is 2. The molecule has 2 aliphatic rings. The highest BCUT2D eigenvalue weighted by Crippen LogP contribution is 2.19. The van der Waals surface area contributed by atoms with Crippen LogP contribution in [0, 0.1) is 11.3 Å². The summed E-state index contributed by atoms with van der Waals surface area (Å²) < 4.78 is 0. The van der Waals surface area contributed by atoms with Crippen molar-refractivity contribution in [2.45, 2.75) is 67.0 Å². The predicted molar refractivity (Wildman–Crippen MR) is 99.6 cm³/mol. The zero-order chi connectivity index (χ0) is 17.0. The summed E-state index contributed by atoms with van der Waals surface area (Å²) in [7, 11) is 0. The van der Waals surface area contributed by atoms with Crippen molar-refractivity contribution in [1.29, 1.82) is 0 Å². The first-order valence-electron chi connectivity index (χ1n) is 9.28. The zero-order valence-electron chi connectivity index (χ0n) is 16.2. The van der Waals surface area contributed by atoms with E-state index < -0.39 is 0 Å². The van der Waals surface area contributed by atoms with Gasteiger partial charge in [0.15, 0.2) is 0 Å². The monoisotopic (exact) mass is 314 g/mol. The minimum atomic E-state index is 0.396. The molecular weight excluding hydrogens is 272 g/mol. The molecule has 4 nitrogen and oxygen atoms in total. The van der Waals surface area contributed by atoms with Crippen LogP contribution in [0.1, 0.15) is 54.9 Å². The molecule has 0 aliphatic carbocycles. The van der Waals surface area contributed by atoms with Crippen molar-refractivity contribution in [3.8, 4) is 0 Å². The van der Waals surface area contributed by atoms with Crippen LogP contribution in [0.4, 0.5) is 0 Å². The lowest BCUT2D eigenvalue weighted by Crippen LogP contribution is -2.54. The van der Waals surface area contributed by atoms with Crippen molar-refractivity contribution in [1.82, 2.24) is 21.3 Å². The molecule has 2 unspecified atom stereocenters. The van der Waals surface area contributed by atoms with Crippen LogP contribution in [0.2, 0.25) is 0 Å². The first-order valence-corrected chi connectivity index (χ1v) is 9.28. The van der Waals surface area contributed by atoms with Gasteiger partial charge in [-0.05, 0) is 17.8 Å². The fourth-order valence-corrected chi connectivity index (χ4v) is 2.71. The van der Waals surface area contributed by atoms with E-state index in [9.17, 15) is 0 Å². The molecule has 22 heavy (non-hydrogen) atoms. The third-order valence-electron chi connectivity index (χ3n) is 3.97. The van der Waals surface area contributed by atoms with Gasteiger partial charge in [0.05, 0.1) is 0 Å². The van der Waals surface area contributed by atoms with Crippen LogP contribution in [0.25, 0.3) is 0 Å². The molecule has 4 heteroatoms. The summed E-state index contributed by atoms with van der Waals surface area (Å²) >= 11 is 0. The highest BCUT2D eigenvalue weighted by atomic mass is 15.1. The van der Waals surface area contributed by atoms with Gasteiger partial charge in [-0.2, -0.15) is 0 Å². The van der Waals surface area contributed by atoms with Gasteiger partial charge >= 0.3 is 0 Å². The Labute approximate surface area is 139 Å². The van der Waals surface area contributed by atoms with Crippen LogP contribution in [-0.4, -0.2) is 51.4 Å². The summed E-state index contributed by atoms with van der Waals surface area (Å²) in [5.41, 5.74) is 0.396. The van der Waals surface area contributed by atoms with Crippen molar-refractivity contribution >= 4 is 0 Å². The molecule has 0 bridgehead atoms. The predicted octanol–water partition coefficient (Wildman–Crippen LogP) is 2.21. The van der Waals surface area contributed by atoms with Crippen LogP contribution >= 0.6 is 0 Å². The third-order valence-corrected chi connectivity index (χ3v) is 3.97. The number of nitrogens with one attached hydrogen (secondary N) is 4. The molecule has 2 fully saturated rings. The number of hydrogen-bond acceptors (Lipinski definition) is 4. The molecule has 2 atom stereocenters. The van der Waals surface area contributed by atoms with Crippen molar-refractivity contribution in [3.05, 3.63) is 0 Å². The Morgan fingerprint density at radius 3 is 1.73 bits per heavy atom. The van der Waals surface area contributed by atoms with E-state index in [2.05, 4.69) is 55.9 Å². The fourth-order valence-electron chi connectivity index (χ4n) is 2.71. The summed E-state index contributed by atoms with van der Waals surface area (Å²) in [5, 5.41) is 13.7. The summed E-state index contributed by atoms with van der Waals surface area (Å²) in [6.07, 6.45) is 1.30. The molecule has 2 aliphatic heterocycles. The molecule has 2 heterocycles. The largest absolute Gasteiger partial charge is 0.314 e. The van der Waals surface area contributed by atoms with Gasteiger partial charge in [0.1, 0.15) is 0 Å². The quantitative estimate of drug-likeness (QED) is 0.631. The van der Waals surface area contributed by atoms with Crippen molar-refractivity contribution in [3.63, 3.8) is 0 Å². The van der Waals surface area contributed by atoms with Crippen LogP contribution in [0.15, 0.2) is 0 Å². The third kappa shape index (κ3) is 10.5. The summed E-state index contributed by atoms with van der Waals surface area (Å²) in [6.45, 7) is 22.1. The van der Waals surface area contributed by atoms with E-state index in [0.717, 1.165) is 45.2 Å². The smallest absolute Gasteiger partial charge is 0.0241 e. The normalized spacial score (nSPS) is 25.6.